The van der Waals surface area contributed by atoms with Crippen molar-refractivity contribution in [1.82, 2.24) is 0 Å². The van der Waals surface area contributed by atoms with E-state index in [2.05, 4.69) is 76.6 Å². The van der Waals surface area contributed by atoms with Crippen molar-refractivity contribution < 1.29 is 15.3 Å². The third-order valence-corrected chi connectivity index (χ3v) is 7.27. The van der Waals surface area contributed by atoms with Crippen LogP contribution >= 0.6 is 15.9 Å². The summed E-state index contributed by atoms with van der Waals surface area (Å²) in [6, 6.07) is 42.5. The van der Waals surface area contributed by atoms with Crippen LogP contribution < -0.4 is 0 Å². The molecular formula is C36H29BrO3. The number of aromatic hydroxyl groups is 1. The second-order valence-electron chi connectivity index (χ2n) is 9.65. The Kier molecular flexibility index (Phi) is 8.42. The minimum absolute atomic E-state index is 0.210. The van der Waals surface area contributed by atoms with Crippen molar-refractivity contribution in [3.05, 3.63) is 156 Å². The minimum Gasteiger partial charge on any atom is -0.508 e. The van der Waals surface area contributed by atoms with Crippen molar-refractivity contribution in [3.63, 3.8) is 0 Å². The van der Waals surface area contributed by atoms with Gasteiger partial charge in [0, 0.05) is 10.9 Å². The molecule has 0 spiro atoms. The van der Waals surface area contributed by atoms with Crippen molar-refractivity contribution in [2.24, 2.45) is 0 Å². The van der Waals surface area contributed by atoms with Crippen LogP contribution in [-0.2, 0) is 0 Å². The molecule has 1 aliphatic rings. The number of rotatable bonds is 4. The van der Waals surface area contributed by atoms with Gasteiger partial charge in [-0.25, -0.2) is 0 Å². The number of halogens is 1. The third-order valence-electron chi connectivity index (χ3n) is 6.74. The summed E-state index contributed by atoms with van der Waals surface area (Å²) >= 11 is 3.39. The summed E-state index contributed by atoms with van der Waals surface area (Å²) in [5.74, 6) is -1.42. The second-order valence-corrected chi connectivity index (χ2v) is 10.6. The molecule has 3 nitrogen and oxygen atoms in total. The highest BCUT2D eigenvalue weighted by Crippen LogP contribution is 2.29. The van der Waals surface area contributed by atoms with Gasteiger partial charge in [-0.05, 0) is 74.9 Å². The lowest BCUT2D eigenvalue weighted by atomic mass is 9.94. The Morgan fingerprint density at radius 1 is 0.500 bits per heavy atom. The Balaban J connectivity index is 0.000000194. The Labute approximate surface area is 243 Å². The van der Waals surface area contributed by atoms with Gasteiger partial charge in [0.1, 0.15) is 5.75 Å². The quantitative estimate of drug-likeness (QED) is 0.184. The molecule has 0 saturated heterocycles. The fourth-order valence-corrected chi connectivity index (χ4v) is 4.73. The van der Waals surface area contributed by atoms with Crippen molar-refractivity contribution in [2.45, 2.75) is 12.2 Å². The summed E-state index contributed by atoms with van der Waals surface area (Å²) in [4.78, 5) is 0. The van der Waals surface area contributed by atoms with E-state index in [0.717, 1.165) is 32.3 Å². The molecule has 0 heterocycles. The zero-order chi connectivity index (χ0) is 28.0. The molecule has 0 aromatic heterocycles. The van der Waals surface area contributed by atoms with Crippen molar-refractivity contribution in [1.29, 1.82) is 0 Å². The monoisotopic (exact) mass is 588 g/mol. The van der Waals surface area contributed by atoms with Crippen LogP contribution in [0.25, 0.3) is 39.0 Å². The summed E-state index contributed by atoms with van der Waals surface area (Å²) in [6.45, 7) is 0. The molecule has 4 heteroatoms. The predicted molar refractivity (Wildman–Crippen MR) is 167 cm³/mol. The van der Waals surface area contributed by atoms with Crippen LogP contribution in [0.4, 0.5) is 0 Å². The molecule has 5 aromatic carbocycles. The van der Waals surface area contributed by atoms with E-state index in [0.29, 0.717) is 5.75 Å². The Hall–Kier alpha value is -4.22. The van der Waals surface area contributed by atoms with Gasteiger partial charge in [0.15, 0.2) is 5.79 Å². The molecule has 0 radical (unpaired) electrons. The first-order valence-corrected chi connectivity index (χ1v) is 13.8. The maximum atomic E-state index is 9.56. The number of hydrogen-bond acceptors (Lipinski definition) is 3. The summed E-state index contributed by atoms with van der Waals surface area (Å²) in [7, 11) is 0. The highest BCUT2D eigenvalue weighted by molar-refractivity contribution is 9.10. The zero-order valence-electron chi connectivity index (χ0n) is 21.8. The van der Waals surface area contributed by atoms with Crippen LogP contribution in [0, 0.1) is 0 Å². The number of allylic oxidation sites excluding steroid dienone is 2. The van der Waals surface area contributed by atoms with E-state index >= 15 is 0 Å². The molecule has 0 aliphatic heterocycles. The highest BCUT2D eigenvalue weighted by Gasteiger charge is 2.20. The molecule has 0 atom stereocenters. The maximum Gasteiger partial charge on any atom is 0.186 e. The third kappa shape index (κ3) is 7.04. The molecule has 1 aliphatic carbocycles. The first-order chi connectivity index (χ1) is 19.4. The van der Waals surface area contributed by atoms with Gasteiger partial charge in [0.05, 0.1) is 0 Å². The van der Waals surface area contributed by atoms with Gasteiger partial charge in [-0.3, -0.25) is 0 Å². The first-order valence-electron chi connectivity index (χ1n) is 13.0. The molecule has 0 amide bonds. The Morgan fingerprint density at radius 3 is 1.35 bits per heavy atom. The largest absolute Gasteiger partial charge is 0.508 e. The van der Waals surface area contributed by atoms with Gasteiger partial charge in [-0.1, -0.05) is 131 Å². The van der Waals surface area contributed by atoms with Gasteiger partial charge in [-0.2, -0.15) is 0 Å². The SMILES string of the molecule is OC1(O)C=CC(c2ccc(-c3ccc(-c4ccccc4)cc3)cc2)=CC1.Oc1ccc(-c2ccc(Br)cc2)cc1. The van der Waals surface area contributed by atoms with Gasteiger partial charge in [0.2, 0.25) is 0 Å². The van der Waals surface area contributed by atoms with E-state index < -0.39 is 5.79 Å². The fourth-order valence-electron chi connectivity index (χ4n) is 4.47. The van der Waals surface area contributed by atoms with Crippen LogP contribution in [0.3, 0.4) is 0 Å². The van der Waals surface area contributed by atoms with Gasteiger partial charge in [-0.15, -0.1) is 0 Å². The normalized spacial score (nSPS) is 13.6. The molecule has 5 aromatic rings. The maximum absolute atomic E-state index is 9.56. The fraction of sp³-hybridized carbons (Fsp3) is 0.0556. The van der Waals surface area contributed by atoms with Crippen molar-refractivity contribution in [3.8, 4) is 39.1 Å². The molecule has 0 saturated carbocycles. The Morgan fingerprint density at radius 2 is 0.900 bits per heavy atom. The van der Waals surface area contributed by atoms with Gasteiger partial charge >= 0.3 is 0 Å². The van der Waals surface area contributed by atoms with E-state index in [1.54, 1.807) is 18.2 Å². The number of aliphatic hydroxyl groups is 2. The Bertz CT molecular complexity index is 1560. The molecule has 0 unspecified atom stereocenters. The number of phenolic OH excluding ortho intramolecular Hbond substituents is 1. The van der Waals surface area contributed by atoms with Gasteiger partial charge < -0.3 is 15.3 Å². The smallest absolute Gasteiger partial charge is 0.186 e. The number of benzene rings is 5. The van der Waals surface area contributed by atoms with Crippen LogP contribution in [0.5, 0.6) is 5.75 Å². The summed E-state index contributed by atoms with van der Waals surface area (Å²) < 4.78 is 1.07. The van der Waals surface area contributed by atoms with Crippen molar-refractivity contribution in [2.75, 3.05) is 0 Å². The minimum atomic E-state index is -1.72. The molecule has 40 heavy (non-hydrogen) atoms. The molecular weight excluding hydrogens is 560 g/mol. The highest BCUT2D eigenvalue weighted by atomic mass is 79.9. The second kappa shape index (κ2) is 12.3. The molecule has 0 bridgehead atoms. The summed E-state index contributed by atoms with van der Waals surface area (Å²) in [5.41, 5.74) is 9.09. The number of phenols is 1. The van der Waals surface area contributed by atoms with Crippen LogP contribution in [-0.4, -0.2) is 21.1 Å². The van der Waals surface area contributed by atoms with Crippen molar-refractivity contribution >= 4 is 21.5 Å². The number of hydrogen-bond donors (Lipinski definition) is 3. The molecule has 3 N–H and O–H groups in total. The summed E-state index contributed by atoms with van der Waals surface area (Å²) in [5, 5.41) is 28.3. The lowest BCUT2D eigenvalue weighted by molar-refractivity contribution is -0.114. The molecule has 198 valence electrons. The van der Waals surface area contributed by atoms with E-state index in [4.69, 9.17) is 5.11 Å². The zero-order valence-corrected chi connectivity index (χ0v) is 23.4. The van der Waals surface area contributed by atoms with Crippen LogP contribution in [0.1, 0.15) is 12.0 Å². The predicted octanol–water partition coefficient (Wildman–Crippen LogP) is 8.87. The topological polar surface area (TPSA) is 60.7 Å². The lowest BCUT2D eigenvalue weighted by Crippen LogP contribution is -2.25. The molecule has 0 fully saturated rings. The first kappa shape index (κ1) is 27.4. The summed E-state index contributed by atoms with van der Waals surface area (Å²) in [6.07, 6.45) is 5.25. The van der Waals surface area contributed by atoms with Gasteiger partial charge in [0.25, 0.3) is 0 Å². The molecule has 6 rings (SSSR count). The van der Waals surface area contributed by atoms with E-state index in [9.17, 15) is 10.2 Å². The van der Waals surface area contributed by atoms with Crippen LogP contribution in [0.15, 0.2) is 150 Å². The van der Waals surface area contributed by atoms with E-state index in [1.807, 2.05) is 60.7 Å². The standard InChI is InChI=1S/C24H20O2.C12H9BrO/c25-24(26)16-14-23(15-17-24)22-12-10-21(11-13-22)20-8-6-19(7-9-20)18-4-2-1-3-5-18;13-11-5-1-9(2-6-11)10-3-7-12(14)8-4-10/h1-16,25-26H,17H2;1-8,14H. The average molecular weight is 590 g/mol. The van der Waals surface area contributed by atoms with Crippen LogP contribution in [0.2, 0.25) is 0 Å². The van der Waals surface area contributed by atoms with E-state index in [-0.39, 0.29) is 6.42 Å². The lowest BCUT2D eigenvalue weighted by Gasteiger charge is -2.20. The average Bonchev–Trinajstić information content (AvgIpc) is 2.99. The van der Waals surface area contributed by atoms with E-state index in [1.165, 1.54) is 22.8 Å².